The van der Waals surface area contributed by atoms with Gasteiger partial charge in [0, 0.05) is 29.9 Å². The lowest BCUT2D eigenvalue weighted by molar-refractivity contribution is -0.146. The third-order valence-electron chi connectivity index (χ3n) is 9.39. The molecule has 4 bridgehead atoms. The number of hydrogen-bond donors (Lipinski definition) is 2. The van der Waals surface area contributed by atoms with E-state index in [1.807, 2.05) is 60.4 Å². The number of sulfonamides is 1. The number of aliphatic carboxylic acids is 1. The molecule has 3 aromatic carbocycles. The van der Waals surface area contributed by atoms with Crippen LogP contribution >= 0.6 is 0 Å². The maximum absolute atomic E-state index is 14.2. The van der Waals surface area contributed by atoms with Crippen molar-refractivity contribution >= 4 is 27.5 Å². The van der Waals surface area contributed by atoms with E-state index in [1.54, 1.807) is 26.0 Å². The Labute approximate surface area is 303 Å². The van der Waals surface area contributed by atoms with Gasteiger partial charge in [0.25, 0.3) is 10.0 Å². The van der Waals surface area contributed by atoms with Crippen LogP contribution < -0.4 is 14.4 Å². The zero-order valence-electron chi connectivity index (χ0n) is 30.8. The van der Waals surface area contributed by atoms with Gasteiger partial charge in [0.15, 0.2) is 5.82 Å². The summed E-state index contributed by atoms with van der Waals surface area (Å²) < 4.78 is 37.3. The van der Waals surface area contributed by atoms with Crippen molar-refractivity contribution in [3.63, 3.8) is 0 Å². The monoisotopic (exact) mass is 712 g/mol. The number of rotatable bonds is 8. The number of ether oxygens (including phenoxy) is 1. The molecule has 1 aromatic heterocycles. The predicted octanol–water partition coefficient (Wildman–Crippen LogP) is 9.02. The van der Waals surface area contributed by atoms with Gasteiger partial charge in [-0.3, -0.25) is 14.5 Å². The summed E-state index contributed by atoms with van der Waals surface area (Å²) in [5.74, 6) is -0.0479. The standard InChI is InChI=1S/C41H52N4O5S/c1-7-32-34-21-15-22-35(32)51(48,49)44-36-27-42-37(30-18-14-19-31(26-30)50-25-23-40(2,3)4)38(43-36)33-20-12-11-17-29(33)16-10-8-9-13-24-45(34)28-41(5,6)39(46)47/h11-12,14-15,17-22,26-27H,7-10,13,16,23-25,28H2,1-6H3,(H,43,44)(H,46,47). The summed E-state index contributed by atoms with van der Waals surface area (Å²) in [4.78, 5) is 24.2. The highest BCUT2D eigenvalue weighted by atomic mass is 32.2. The lowest BCUT2D eigenvalue weighted by Gasteiger charge is -2.33. The highest BCUT2D eigenvalue weighted by molar-refractivity contribution is 7.92. The largest absolute Gasteiger partial charge is 0.494 e. The van der Waals surface area contributed by atoms with Crippen LogP contribution in [0.25, 0.3) is 22.5 Å². The van der Waals surface area contributed by atoms with E-state index in [4.69, 9.17) is 14.7 Å². The SMILES string of the molecule is CCc1c2cccc1S(=O)(=O)Nc1cnc(-c3cccc(OCCC(C)(C)C)c3)c(n1)-c1ccccc1CCCCCCN2CC(C)(C)C(=O)O. The molecule has 0 saturated carbocycles. The second-order valence-corrected chi connectivity index (χ2v) is 16.9. The van der Waals surface area contributed by atoms with Gasteiger partial charge >= 0.3 is 5.97 Å². The maximum Gasteiger partial charge on any atom is 0.310 e. The van der Waals surface area contributed by atoms with Crippen molar-refractivity contribution in [1.82, 2.24) is 9.97 Å². The summed E-state index contributed by atoms with van der Waals surface area (Å²) >= 11 is 0. The molecule has 0 aliphatic carbocycles. The van der Waals surface area contributed by atoms with Gasteiger partial charge in [0.05, 0.1) is 34.5 Å². The smallest absolute Gasteiger partial charge is 0.310 e. The molecule has 2 heterocycles. The Bertz CT molecular complexity index is 1950. The number of nitrogens with one attached hydrogen (secondary N) is 1. The van der Waals surface area contributed by atoms with Crippen molar-refractivity contribution < 1.29 is 23.1 Å². The Morgan fingerprint density at radius 1 is 0.941 bits per heavy atom. The minimum atomic E-state index is -4.12. The zero-order chi connectivity index (χ0) is 36.8. The van der Waals surface area contributed by atoms with Gasteiger partial charge in [0.1, 0.15) is 5.75 Å². The van der Waals surface area contributed by atoms with E-state index in [0.717, 1.165) is 66.7 Å². The minimum absolute atomic E-state index is 0.113. The molecule has 1 aliphatic heterocycles. The molecule has 272 valence electrons. The third kappa shape index (κ3) is 9.47. The van der Waals surface area contributed by atoms with E-state index in [0.29, 0.717) is 36.5 Å². The number of carbonyl (C=O) groups is 1. The number of aryl methyl sites for hydroxylation is 1. The number of carboxylic acids is 1. The van der Waals surface area contributed by atoms with Gasteiger partial charge in [0.2, 0.25) is 0 Å². The van der Waals surface area contributed by atoms with Gasteiger partial charge in [-0.2, -0.15) is 0 Å². The fourth-order valence-corrected chi connectivity index (χ4v) is 7.78. The fraction of sp³-hybridized carbons (Fsp3) is 0.439. The zero-order valence-corrected chi connectivity index (χ0v) is 31.6. The van der Waals surface area contributed by atoms with Gasteiger partial charge in [-0.05, 0) is 86.8 Å². The first kappa shape index (κ1) is 37.8. The van der Waals surface area contributed by atoms with Crippen molar-refractivity contribution in [3.05, 3.63) is 84.1 Å². The fourth-order valence-electron chi connectivity index (χ4n) is 6.47. The van der Waals surface area contributed by atoms with Gasteiger partial charge in [-0.15, -0.1) is 0 Å². The Morgan fingerprint density at radius 3 is 2.43 bits per heavy atom. The van der Waals surface area contributed by atoms with E-state index in [2.05, 4.69) is 31.6 Å². The molecule has 2 N–H and O–H groups in total. The molecular formula is C41H52N4O5S. The molecule has 51 heavy (non-hydrogen) atoms. The van der Waals surface area contributed by atoms with Gasteiger partial charge in [-0.25, -0.2) is 13.4 Å². The molecule has 1 aliphatic rings. The quantitative estimate of drug-likeness (QED) is 0.186. The molecule has 0 unspecified atom stereocenters. The van der Waals surface area contributed by atoms with Crippen LogP contribution in [0, 0.1) is 10.8 Å². The first-order valence-electron chi connectivity index (χ1n) is 18.0. The van der Waals surface area contributed by atoms with Crippen LogP contribution in [0.3, 0.4) is 0 Å². The molecule has 10 heteroatoms. The normalized spacial score (nSPS) is 15.3. The number of hydrogen-bond acceptors (Lipinski definition) is 7. The molecule has 0 fully saturated rings. The summed E-state index contributed by atoms with van der Waals surface area (Å²) in [6.07, 6.45) is 7.39. The van der Waals surface area contributed by atoms with Crippen molar-refractivity contribution in [2.45, 2.75) is 91.4 Å². The second-order valence-electron chi connectivity index (χ2n) is 15.3. The van der Waals surface area contributed by atoms with E-state index < -0.39 is 21.4 Å². The summed E-state index contributed by atoms with van der Waals surface area (Å²) in [5.41, 5.74) is 4.55. The second kappa shape index (κ2) is 15.8. The number of nitrogens with zero attached hydrogens (tertiary/aromatic N) is 3. The first-order valence-corrected chi connectivity index (χ1v) is 19.5. The lowest BCUT2D eigenvalue weighted by Crippen LogP contribution is -2.40. The van der Waals surface area contributed by atoms with Crippen LogP contribution in [0.1, 0.15) is 84.8 Å². The van der Waals surface area contributed by atoms with Crippen LogP contribution in [-0.4, -0.2) is 49.2 Å². The van der Waals surface area contributed by atoms with Crippen molar-refractivity contribution in [2.24, 2.45) is 10.8 Å². The van der Waals surface area contributed by atoms with Crippen molar-refractivity contribution in [1.29, 1.82) is 0 Å². The summed E-state index contributed by atoms with van der Waals surface area (Å²) in [5, 5.41) is 9.98. The molecule has 0 amide bonds. The number of fused-ring (bicyclic) bond motifs is 6. The number of benzene rings is 3. The molecule has 0 radical (unpaired) electrons. The Morgan fingerprint density at radius 2 is 1.69 bits per heavy atom. The average Bonchev–Trinajstić information content (AvgIpc) is 3.08. The van der Waals surface area contributed by atoms with Crippen molar-refractivity contribution in [2.75, 3.05) is 29.3 Å². The molecule has 0 spiro atoms. The molecule has 5 rings (SSSR count). The first-order chi connectivity index (χ1) is 24.2. The van der Waals surface area contributed by atoms with E-state index in [1.165, 1.54) is 6.20 Å². The van der Waals surface area contributed by atoms with Gasteiger partial charge < -0.3 is 14.7 Å². The lowest BCUT2D eigenvalue weighted by atomic mass is 9.92. The minimum Gasteiger partial charge on any atom is -0.494 e. The van der Waals surface area contributed by atoms with Crippen molar-refractivity contribution in [3.8, 4) is 28.3 Å². The van der Waals surface area contributed by atoms with Crippen LogP contribution in [0.2, 0.25) is 0 Å². The van der Waals surface area contributed by atoms with Gasteiger partial charge in [-0.1, -0.05) is 83.0 Å². The summed E-state index contributed by atoms with van der Waals surface area (Å²) in [6, 6.07) is 21.2. The number of anilines is 2. The van der Waals surface area contributed by atoms with Crippen LogP contribution in [0.5, 0.6) is 5.75 Å². The topological polar surface area (TPSA) is 122 Å². The van der Waals surface area contributed by atoms with Crippen LogP contribution in [-0.2, 0) is 27.7 Å². The predicted molar refractivity (Wildman–Crippen MR) is 205 cm³/mol. The highest BCUT2D eigenvalue weighted by Gasteiger charge is 2.32. The third-order valence-corrected chi connectivity index (χ3v) is 10.8. The molecule has 9 nitrogen and oxygen atoms in total. The number of carboxylic acid groups (broad SMARTS) is 1. The van der Waals surface area contributed by atoms with E-state index in [-0.39, 0.29) is 22.7 Å². The molecule has 0 saturated heterocycles. The molecule has 0 atom stereocenters. The summed E-state index contributed by atoms with van der Waals surface area (Å²) in [7, 11) is -4.12. The average molecular weight is 713 g/mol. The maximum atomic E-state index is 14.2. The molecule has 4 aromatic rings. The highest BCUT2D eigenvalue weighted by Crippen LogP contribution is 2.36. The van der Waals surface area contributed by atoms with E-state index >= 15 is 0 Å². The number of aromatic nitrogens is 2. The molecular weight excluding hydrogens is 661 g/mol. The van der Waals surface area contributed by atoms with Crippen LogP contribution in [0.4, 0.5) is 11.5 Å². The Kier molecular flexibility index (Phi) is 11.7. The van der Waals surface area contributed by atoms with E-state index in [9.17, 15) is 18.3 Å². The Balaban J connectivity index is 1.61. The summed E-state index contributed by atoms with van der Waals surface area (Å²) in [6.45, 7) is 13.4. The van der Waals surface area contributed by atoms with Crippen LogP contribution in [0.15, 0.2) is 77.8 Å². The Hall–Kier alpha value is -4.44.